The first kappa shape index (κ1) is 19.7. The van der Waals surface area contributed by atoms with Crippen LogP contribution in [0.4, 0.5) is 0 Å². The average Bonchev–Trinajstić information content (AvgIpc) is 2.42. The van der Waals surface area contributed by atoms with Crippen molar-refractivity contribution < 1.29 is 49.7 Å². The fourth-order valence-corrected chi connectivity index (χ4v) is 1.24. The molecule has 6 atom stereocenters. The van der Waals surface area contributed by atoms with Gasteiger partial charge in [-0.2, -0.15) is 0 Å². The highest BCUT2D eigenvalue weighted by Gasteiger charge is 2.38. The number of aliphatic hydroxyl groups excluding tert-OH is 6. The van der Waals surface area contributed by atoms with Crippen molar-refractivity contribution in [2.24, 2.45) is 0 Å². The molecule has 0 aromatic carbocycles. The lowest BCUT2D eigenvalue weighted by molar-refractivity contribution is -0.230. The molecule has 0 saturated heterocycles. The molecule has 21 heavy (non-hydrogen) atoms. The van der Waals surface area contributed by atoms with Crippen LogP contribution in [0.1, 0.15) is 13.8 Å². The standard InChI is InChI=1S/C11H20O10/c1-4(13)10(19)21-11(20-5(2)14)9(18)8(17)7(16)6(15)3-12/h4,6-9,11-13,15-18H,3H2,1-2H3/t4?,6-,7-,8+,9+,11?/m1/s1. The lowest BCUT2D eigenvalue weighted by atomic mass is 10.0. The Balaban J connectivity index is 4.96. The summed E-state index contributed by atoms with van der Waals surface area (Å²) in [5.74, 6) is -2.22. The zero-order chi connectivity index (χ0) is 16.7. The maximum absolute atomic E-state index is 11.2. The summed E-state index contributed by atoms with van der Waals surface area (Å²) in [7, 11) is 0. The Morgan fingerprint density at radius 2 is 1.48 bits per heavy atom. The summed E-state index contributed by atoms with van der Waals surface area (Å²) in [5.41, 5.74) is 0. The Morgan fingerprint density at radius 3 is 1.86 bits per heavy atom. The zero-order valence-corrected chi connectivity index (χ0v) is 11.5. The summed E-state index contributed by atoms with van der Waals surface area (Å²) < 4.78 is 8.93. The molecule has 0 amide bonds. The van der Waals surface area contributed by atoms with Crippen molar-refractivity contribution in [3.8, 4) is 0 Å². The summed E-state index contributed by atoms with van der Waals surface area (Å²) in [6.45, 7) is 1.08. The molecule has 0 radical (unpaired) electrons. The molecule has 0 fully saturated rings. The molecule has 10 heteroatoms. The molecule has 124 valence electrons. The molecule has 0 bridgehead atoms. The highest BCUT2D eigenvalue weighted by Crippen LogP contribution is 2.13. The Kier molecular flexibility index (Phi) is 8.32. The first-order valence-corrected chi connectivity index (χ1v) is 6.00. The van der Waals surface area contributed by atoms with Gasteiger partial charge in [0.2, 0.25) is 0 Å². The normalized spacial score (nSPS) is 19.8. The van der Waals surface area contributed by atoms with Crippen LogP contribution in [0.2, 0.25) is 0 Å². The molecule has 6 N–H and O–H groups in total. The van der Waals surface area contributed by atoms with Crippen LogP contribution in [0.25, 0.3) is 0 Å². The van der Waals surface area contributed by atoms with Crippen LogP contribution in [0.15, 0.2) is 0 Å². The van der Waals surface area contributed by atoms with Gasteiger partial charge in [-0.1, -0.05) is 0 Å². The minimum absolute atomic E-state index is 0.906. The van der Waals surface area contributed by atoms with Gasteiger partial charge in [-0.05, 0) is 6.92 Å². The van der Waals surface area contributed by atoms with Gasteiger partial charge in [-0.25, -0.2) is 4.79 Å². The van der Waals surface area contributed by atoms with Crippen molar-refractivity contribution in [1.29, 1.82) is 0 Å². The van der Waals surface area contributed by atoms with Crippen molar-refractivity contribution in [3.63, 3.8) is 0 Å². The predicted molar refractivity (Wildman–Crippen MR) is 64.4 cm³/mol. The van der Waals surface area contributed by atoms with E-state index in [1.165, 1.54) is 0 Å². The molecule has 0 heterocycles. The Labute approximate surface area is 120 Å². The Hall–Kier alpha value is -1.30. The van der Waals surface area contributed by atoms with Crippen LogP contribution < -0.4 is 0 Å². The fourth-order valence-electron chi connectivity index (χ4n) is 1.24. The number of esters is 2. The van der Waals surface area contributed by atoms with Gasteiger partial charge in [0.05, 0.1) is 6.61 Å². The summed E-state index contributed by atoms with van der Waals surface area (Å²) in [4.78, 5) is 22.1. The second-order valence-electron chi connectivity index (χ2n) is 4.31. The molecule has 0 aliphatic heterocycles. The van der Waals surface area contributed by atoms with Crippen molar-refractivity contribution >= 4 is 11.9 Å². The van der Waals surface area contributed by atoms with E-state index in [0.717, 1.165) is 13.8 Å². The van der Waals surface area contributed by atoms with E-state index in [9.17, 15) is 24.9 Å². The highest BCUT2D eigenvalue weighted by atomic mass is 16.7. The van der Waals surface area contributed by atoms with Gasteiger partial charge in [-0.15, -0.1) is 0 Å². The Bertz CT molecular complexity index is 344. The van der Waals surface area contributed by atoms with Gasteiger partial charge < -0.3 is 40.1 Å². The first-order chi connectivity index (χ1) is 9.61. The third kappa shape index (κ3) is 6.33. The molecule has 0 aliphatic carbocycles. The van der Waals surface area contributed by atoms with Gasteiger partial charge in [0.1, 0.15) is 24.4 Å². The maximum Gasteiger partial charge on any atom is 0.337 e. The molecule has 0 aromatic heterocycles. The number of aliphatic hydroxyl groups is 6. The summed E-state index contributed by atoms with van der Waals surface area (Å²) in [6.07, 6.45) is -11.6. The van der Waals surface area contributed by atoms with E-state index in [1.807, 2.05) is 0 Å². The zero-order valence-electron chi connectivity index (χ0n) is 11.5. The van der Waals surface area contributed by atoms with E-state index in [0.29, 0.717) is 0 Å². The molecule has 2 unspecified atom stereocenters. The van der Waals surface area contributed by atoms with Crippen LogP contribution in [-0.4, -0.2) is 86.0 Å². The monoisotopic (exact) mass is 312 g/mol. The van der Waals surface area contributed by atoms with Gasteiger partial charge in [0.25, 0.3) is 6.29 Å². The lowest BCUT2D eigenvalue weighted by Crippen LogP contribution is -2.52. The van der Waals surface area contributed by atoms with E-state index in [4.69, 9.17) is 15.3 Å². The van der Waals surface area contributed by atoms with Gasteiger partial charge in [-0.3, -0.25) is 4.79 Å². The van der Waals surface area contributed by atoms with Crippen molar-refractivity contribution in [2.45, 2.75) is 50.7 Å². The molecule has 0 spiro atoms. The summed E-state index contributed by atoms with van der Waals surface area (Å²) >= 11 is 0. The van der Waals surface area contributed by atoms with Crippen LogP contribution in [0, 0.1) is 0 Å². The van der Waals surface area contributed by atoms with Gasteiger partial charge in [0, 0.05) is 6.92 Å². The van der Waals surface area contributed by atoms with Crippen molar-refractivity contribution in [1.82, 2.24) is 0 Å². The molecule has 0 aliphatic rings. The van der Waals surface area contributed by atoms with Crippen molar-refractivity contribution in [2.75, 3.05) is 6.61 Å². The number of carbonyl (C=O) groups excluding carboxylic acids is 2. The van der Waals surface area contributed by atoms with Crippen LogP contribution in [-0.2, 0) is 19.1 Å². The summed E-state index contributed by atoms with van der Waals surface area (Å²) in [6, 6.07) is 0. The average molecular weight is 312 g/mol. The molecular formula is C11H20O10. The minimum atomic E-state index is -2.12. The fraction of sp³-hybridized carbons (Fsp3) is 0.818. The number of rotatable bonds is 8. The number of carbonyl (C=O) groups is 2. The van der Waals surface area contributed by atoms with E-state index in [1.54, 1.807) is 0 Å². The summed E-state index contributed by atoms with van der Waals surface area (Å²) in [5, 5.41) is 55.5. The molecule has 0 saturated carbocycles. The van der Waals surface area contributed by atoms with E-state index in [2.05, 4.69) is 9.47 Å². The van der Waals surface area contributed by atoms with Crippen LogP contribution in [0.5, 0.6) is 0 Å². The SMILES string of the molecule is CC(=O)OC(OC(=O)C(C)O)[C@@H](O)[C@@H](O)[C@H](O)[C@H](O)CO. The van der Waals surface area contributed by atoms with E-state index in [-0.39, 0.29) is 0 Å². The quantitative estimate of drug-likeness (QED) is 0.193. The Morgan fingerprint density at radius 1 is 0.952 bits per heavy atom. The van der Waals surface area contributed by atoms with Crippen molar-refractivity contribution in [3.05, 3.63) is 0 Å². The number of hydrogen-bond acceptors (Lipinski definition) is 10. The highest BCUT2D eigenvalue weighted by molar-refractivity contribution is 5.74. The van der Waals surface area contributed by atoms with Crippen LogP contribution in [0.3, 0.4) is 0 Å². The first-order valence-electron chi connectivity index (χ1n) is 6.00. The number of hydrogen-bond donors (Lipinski definition) is 6. The molecule has 10 nitrogen and oxygen atoms in total. The van der Waals surface area contributed by atoms with Gasteiger partial charge in [0.15, 0.2) is 6.10 Å². The topological polar surface area (TPSA) is 174 Å². The molecule has 0 aromatic rings. The van der Waals surface area contributed by atoms with Gasteiger partial charge >= 0.3 is 11.9 Å². The maximum atomic E-state index is 11.2. The second kappa shape index (κ2) is 8.87. The second-order valence-corrected chi connectivity index (χ2v) is 4.31. The lowest BCUT2D eigenvalue weighted by Gasteiger charge is -2.30. The minimum Gasteiger partial charge on any atom is -0.422 e. The number of ether oxygens (including phenoxy) is 2. The van der Waals surface area contributed by atoms with E-state index < -0.39 is 55.4 Å². The largest absolute Gasteiger partial charge is 0.422 e. The predicted octanol–water partition coefficient (Wildman–Crippen LogP) is -3.76. The molecule has 0 rings (SSSR count). The third-order valence-electron chi connectivity index (χ3n) is 2.42. The van der Waals surface area contributed by atoms with Crippen LogP contribution >= 0.6 is 0 Å². The smallest absolute Gasteiger partial charge is 0.337 e. The molecular weight excluding hydrogens is 292 g/mol. The third-order valence-corrected chi connectivity index (χ3v) is 2.42. The van der Waals surface area contributed by atoms with E-state index >= 15 is 0 Å².